The second-order valence-electron chi connectivity index (χ2n) is 6.47. The molecule has 2 aromatic carbocycles. The fraction of sp³-hybridized carbons (Fsp3) is 0.333. The third kappa shape index (κ3) is 2.91. The number of ether oxygens (including phenoxy) is 1. The summed E-state index contributed by atoms with van der Waals surface area (Å²) in [5.74, 6) is 0. The largest absolute Gasteiger partial charge is 0.377 e. The lowest BCUT2D eigenvalue weighted by Gasteiger charge is -2.21. The van der Waals surface area contributed by atoms with Gasteiger partial charge in [0.15, 0.2) is 0 Å². The molecule has 23 heavy (non-hydrogen) atoms. The second-order valence-corrected chi connectivity index (χ2v) is 6.47. The van der Waals surface area contributed by atoms with Crippen LogP contribution in [0.15, 0.2) is 48.5 Å². The van der Waals surface area contributed by atoms with Gasteiger partial charge in [0, 0.05) is 18.4 Å². The van der Waals surface area contributed by atoms with Gasteiger partial charge < -0.3 is 9.64 Å². The fourth-order valence-corrected chi connectivity index (χ4v) is 3.60. The van der Waals surface area contributed by atoms with Gasteiger partial charge in [0.2, 0.25) is 0 Å². The zero-order chi connectivity index (χ0) is 15.6. The normalized spacial score (nSPS) is 16.8. The van der Waals surface area contributed by atoms with Crippen LogP contribution in [0.2, 0.25) is 0 Å². The van der Waals surface area contributed by atoms with Crippen LogP contribution in [-0.2, 0) is 17.6 Å². The van der Waals surface area contributed by atoms with Crippen molar-refractivity contribution in [3.8, 4) is 0 Å². The maximum Gasteiger partial charge on any atom is 0.0653 e. The molecule has 0 bridgehead atoms. The van der Waals surface area contributed by atoms with Crippen molar-refractivity contribution >= 4 is 16.9 Å². The van der Waals surface area contributed by atoms with Crippen LogP contribution in [0.5, 0.6) is 0 Å². The highest BCUT2D eigenvalue weighted by molar-refractivity contribution is 5.70. The summed E-state index contributed by atoms with van der Waals surface area (Å²) in [4.78, 5) is 2.28. The van der Waals surface area contributed by atoms with Crippen molar-refractivity contribution in [3.05, 3.63) is 65.2 Å². The average molecular weight is 305 g/mol. The summed E-state index contributed by atoms with van der Waals surface area (Å²) in [6, 6.07) is 15.8. The van der Waals surface area contributed by atoms with Gasteiger partial charge in [-0.15, -0.1) is 0 Å². The summed E-state index contributed by atoms with van der Waals surface area (Å²) >= 11 is 0. The van der Waals surface area contributed by atoms with Crippen LogP contribution in [0.3, 0.4) is 0 Å². The minimum atomic E-state index is 0.742. The van der Waals surface area contributed by atoms with Gasteiger partial charge in [-0.2, -0.15) is 0 Å². The molecule has 1 aliphatic carbocycles. The highest BCUT2D eigenvalue weighted by atomic mass is 16.5. The third-order valence-corrected chi connectivity index (χ3v) is 5.06. The topological polar surface area (TPSA) is 12.5 Å². The van der Waals surface area contributed by atoms with E-state index in [1.165, 1.54) is 52.9 Å². The molecule has 0 fully saturated rings. The molecule has 2 heteroatoms. The van der Waals surface area contributed by atoms with Crippen LogP contribution >= 0.6 is 0 Å². The van der Waals surface area contributed by atoms with E-state index in [1.54, 1.807) is 0 Å². The summed E-state index contributed by atoms with van der Waals surface area (Å²) < 4.78 is 5.39. The Kier molecular flexibility index (Phi) is 3.92. The Labute approximate surface area is 138 Å². The first-order chi connectivity index (χ1) is 11.3. The van der Waals surface area contributed by atoms with Gasteiger partial charge in [-0.3, -0.25) is 0 Å². The van der Waals surface area contributed by atoms with Crippen LogP contribution in [0, 0.1) is 0 Å². The Morgan fingerprint density at radius 1 is 0.870 bits per heavy atom. The summed E-state index contributed by atoms with van der Waals surface area (Å²) in [6.07, 6.45) is 6.98. The molecule has 2 aliphatic rings. The first-order valence-electron chi connectivity index (χ1n) is 8.54. The van der Waals surface area contributed by atoms with E-state index in [0.29, 0.717) is 0 Å². The number of hydrogen-bond acceptors (Lipinski definition) is 2. The molecule has 0 unspecified atom stereocenters. The zero-order valence-corrected chi connectivity index (χ0v) is 13.7. The quantitative estimate of drug-likeness (QED) is 0.811. The first-order valence-corrected chi connectivity index (χ1v) is 8.54. The molecule has 0 N–H and O–H groups in total. The first kappa shape index (κ1) is 14.5. The molecular weight excluding hydrogens is 282 g/mol. The van der Waals surface area contributed by atoms with Gasteiger partial charge in [0.1, 0.15) is 0 Å². The lowest BCUT2D eigenvalue weighted by Crippen LogP contribution is -2.10. The van der Waals surface area contributed by atoms with Crippen molar-refractivity contribution in [2.75, 3.05) is 25.2 Å². The molecule has 2 nitrogen and oxygen atoms in total. The predicted molar refractivity (Wildman–Crippen MR) is 96.4 cm³/mol. The summed E-state index contributed by atoms with van der Waals surface area (Å²) in [5.41, 5.74) is 8.30. The molecule has 0 aromatic heterocycles. The van der Waals surface area contributed by atoms with Crippen LogP contribution in [0.1, 0.15) is 29.5 Å². The molecule has 0 radical (unpaired) electrons. The lowest BCUT2D eigenvalue weighted by molar-refractivity contribution is 0.161. The molecule has 2 aromatic rings. The minimum absolute atomic E-state index is 0.742. The summed E-state index contributed by atoms with van der Waals surface area (Å²) in [5, 5.41) is 0. The van der Waals surface area contributed by atoms with Gasteiger partial charge in [0.05, 0.1) is 13.2 Å². The number of anilines is 2. The smallest absolute Gasteiger partial charge is 0.0653 e. The van der Waals surface area contributed by atoms with Crippen LogP contribution in [0.25, 0.3) is 5.57 Å². The van der Waals surface area contributed by atoms with E-state index in [1.807, 2.05) is 0 Å². The van der Waals surface area contributed by atoms with Crippen molar-refractivity contribution < 1.29 is 4.74 Å². The molecule has 118 valence electrons. The van der Waals surface area contributed by atoms with Crippen molar-refractivity contribution in [1.82, 2.24) is 0 Å². The van der Waals surface area contributed by atoms with Crippen molar-refractivity contribution in [3.63, 3.8) is 0 Å². The SMILES string of the molecule is CN(c1ccc(C2=CCOCC2)cc1)c1ccc2c(c1)CCC2. The van der Waals surface area contributed by atoms with Crippen molar-refractivity contribution in [1.29, 1.82) is 0 Å². The highest BCUT2D eigenvalue weighted by Crippen LogP contribution is 2.31. The number of hydrogen-bond donors (Lipinski definition) is 0. The molecule has 1 heterocycles. The Morgan fingerprint density at radius 3 is 2.43 bits per heavy atom. The molecule has 0 atom stereocenters. The Bertz CT molecular complexity index is 730. The summed E-state index contributed by atoms with van der Waals surface area (Å²) in [6.45, 7) is 1.58. The molecule has 0 amide bonds. The van der Waals surface area contributed by atoms with Gasteiger partial charge in [-0.05, 0) is 72.2 Å². The monoisotopic (exact) mass is 305 g/mol. The lowest BCUT2D eigenvalue weighted by atomic mass is 10.0. The third-order valence-electron chi connectivity index (χ3n) is 5.06. The number of fused-ring (bicyclic) bond motifs is 1. The van der Waals surface area contributed by atoms with Crippen molar-refractivity contribution in [2.24, 2.45) is 0 Å². The minimum Gasteiger partial charge on any atom is -0.377 e. The van der Waals surface area contributed by atoms with Gasteiger partial charge in [-0.1, -0.05) is 24.3 Å². The summed E-state index contributed by atoms with van der Waals surface area (Å²) in [7, 11) is 2.15. The van der Waals surface area contributed by atoms with E-state index in [-0.39, 0.29) is 0 Å². The zero-order valence-electron chi connectivity index (χ0n) is 13.7. The van der Waals surface area contributed by atoms with Crippen molar-refractivity contribution in [2.45, 2.75) is 25.7 Å². The number of rotatable bonds is 3. The predicted octanol–water partition coefficient (Wildman–Crippen LogP) is 4.75. The van der Waals surface area contributed by atoms with Gasteiger partial charge in [-0.25, -0.2) is 0 Å². The molecule has 1 aliphatic heterocycles. The van der Waals surface area contributed by atoms with E-state index in [4.69, 9.17) is 4.74 Å². The average Bonchev–Trinajstić information content (AvgIpc) is 3.10. The molecule has 0 spiro atoms. The fourth-order valence-electron chi connectivity index (χ4n) is 3.60. The maximum atomic E-state index is 5.39. The Hall–Kier alpha value is -2.06. The maximum absolute atomic E-state index is 5.39. The number of benzene rings is 2. The standard InChI is InChI=1S/C21H23NO/c1-22(21-10-7-16-3-2-4-19(16)15-21)20-8-5-17(6-9-20)18-11-13-23-14-12-18/h5-11,15H,2-4,12-14H2,1H3. The van der Waals surface area contributed by atoms with Gasteiger partial charge in [0.25, 0.3) is 0 Å². The molecule has 0 saturated heterocycles. The van der Waals surface area contributed by atoms with E-state index in [2.05, 4.69) is 60.5 Å². The molecular formula is C21H23NO. The molecule has 4 rings (SSSR count). The van der Waals surface area contributed by atoms with E-state index in [0.717, 1.165) is 19.6 Å². The van der Waals surface area contributed by atoms with E-state index >= 15 is 0 Å². The van der Waals surface area contributed by atoms with Crippen LogP contribution in [0.4, 0.5) is 11.4 Å². The van der Waals surface area contributed by atoms with Gasteiger partial charge >= 0.3 is 0 Å². The van der Waals surface area contributed by atoms with E-state index < -0.39 is 0 Å². The van der Waals surface area contributed by atoms with Crippen LogP contribution in [-0.4, -0.2) is 20.3 Å². The highest BCUT2D eigenvalue weighted by Gasteiger charge is 2.13. The Balaban J connectivity index is 1.56. The van der Waals surface area contributed by atoms with E-state index in [9.17, 15) is 0 Å². The molecule has 0 saturated carbocycles. The second kappa shape index (κ2) is 6.21. The number of aryl methyl sites for hydroxylation is 2. The Morgan fingerprint density at radius 2 is 1.65 bits per heavy atom. The van der Waals surface area contributed by atoms with Crippen LogP contribution < -0.4 is 4.90 Å². The number of nitrogens with zero attached hydrogens (tertiary/aromatic N) is 1.